The van der Waals surface area contributed by atoms with E-state index in [1.54, 1.807) is 29.6 Å². The van der Waals surface area contributed by atoms with Crippen LogP contribution in [0.4, 0.5) is 0 Å². The second kappa shape index (κ2) is 6.98. The highest BCUT2D eigenvalue weighted by Gasteiger charge is 2.22. The van der Waals surface area contributed by atoms with E-state index < -0.39 is 0 Å². The molecule has 1 aromatic carbocycles. The monoisotopic (exact) mass is 329 g/mol. The molecule has 0 saturated heterocycles. The van der Waals surface area contributed by atoms with E-state index in [1.807, 2.05) is 31.2 Å². The number of carbonyl (C=O) groups is 1. The number of nitrogens with zero attached hydrogens (tertiary/aromatic N) is 1. The molecule has 0 atom stereocenters. The van der Waals surface area contributed by atoms with Crippen LogP contribution in [0.1, 0.15) is 21.0 Å². The molecular weight excluding hydrogens is 310 g/mol. The summed E-state index contributed by atoms with van der Waals surface area (Å²) in [6.07, 6.45) is 1.62. The second-order valence-electron chi connectivity index (χ2n) is 5.35. The van der Waals surface area contributed by atoms with Gasteiger partial charge in [-0.1, -0.05) is 18.2 Å². The van der Waals surface area contributed by atoms with Gasteiger partial charge in [0.2, 0.25) is 0 Å². The topological polar surface area (TPSA) is 42.7 Å². The second-order valence-corrected chi connectivity index (χ2v) is 6.40. The minimum absolute atomic E-state index is 0.0251. The maximum Gasteiger partial charge on any atom is 0.264 e. The molecule has 0 radical (unpaired) electrons. The summed E-state index contributed by atoms with van der Waals surface area (Å²) in [7, 11) is 1.64. The number of ether oxygens (including phenoxy) is 1. The Balaban J connectivity index is 1.90. The van der Waals surface area contributed by atoms with Gasteiger partial charge in [-0.25, -0.2) is 0 Å². The first kappa shape index (κ1) is 15.8. The molecule has 120 valence electrons. The minimum atomic E-state index is 0.0251. The van der Waals surface area contributed by atoms with Crippen LogP contribution in [0.15, 0.2) is 47.1 Å². The molecule has 0 aliphatic carbocycles. The number of amides is 1. The molecule has 1 amide bonds. The Bertz CT molecular complexity index is 792. The van der Waals surface area contributed by atoms with Gasteiger partial charge in [0.05, 0.1) is 24.3 Å². The van der Waals surface area contributed by atoms with Gasteiger partial charge >= 0.3 is 0 Å². The molecule has 0 bridgehead atoms. The number of rotatable bonds is 6. The van der Waals surface area contributed by atoms with Crippen molar-refractivity contribution in [3.8, 4) is 0 Å². The van der Waals surface area contributed by atoms with E-state index in [4.69, 9.17) is 9.15 Å². The fraction of sp³-hybridized carbons (Fsp3) is 0.278. The molecule has 4 nitrogen and oxygen atoms in total. The molecule has 23 heavy (non-hydrogen) atoms. The Morgan fingerprint density at radius 1 is 1.26 bits per heavy atom. The van der Waals surface area contributed by atoms with E-state index in [9.17, 15) is 4.79 Å². The van der Waals surface area contributed by atoms with Gasteiger partial charge in [0.25, 0.3) is 5.91 Å². The van der Waals surface area contributed by atoms with Crippen molar-refractivity contribution in [2.45, 2.75) is 13.5 Å². The van der Waals surface area contributed by atoms with Crippen molar-refractivity contribution < 1.29 is 13.9 Å². The van der Waals surface area contributed by atoms with E-state index >= 15 is 0 Å². The lowest BCUT2D eigenvalue weighted by Crippen LogP contribution is -2.33. The zero-order chi connectivity index (χ0) is 16.2. The van der Waals surface area contributed by atoms with Gasteiger partial charge in [-0.15, -0.1) is 11.3 Å². The number of methoxy groups -OCH3 is 1. The summed E-state index contributed by atoms with van der Waals surface area (Å²) in [5.41, 5.74) is 1.04. The summed E-state index contributed by atoms with van der Waals surface area (Å²) >= 11 is 1.54. The predicted octanol–water partition coefficient (Wildman–Crippen LogP) is 4.09. The molecule has 2 heterocycles. The average molecular weight is 329 g/mol. The van der Waals surface area contributed by atoms with Crippen LogP contribution in [0.5, 0.6) is 0 Å². The molecular formula is C18H19NO3S. The van der Waals surface area contributed by atoms with Gasteiger partial charge < -0.3 is 14.1 Å². The van der Waals surface area contributed by atoms with Crippen LogP contribution < -0.4 is 0 Å². The van der Waals surface area contributed by atoms with E-state index in [-0.39, 0.29) is 5.91 Å². The number of carbonyl (C=O) groups excluding carboxylic acids is 1. The molecule has 0 unspecified atom stereocenters. The highest BCUT2D eigenvalue weighted by atomic mass is 32.1. The third-order valence-corrected chi connectivity index (χ3v) is 5.08. The number of fused-ring (bicyclic) bond motifs is 1. The summed E-state index contributed by atoms with van der Waals surface area (Å²) < 4.78 is 11.7. The standard InChI is InChI=1S/C18H19NO3S/c1-13-15-7-3-4-8-16(15)23-17(13)18(20)19(9-11-21-2)12-14-6-5-10-22-14/h3-8,10H,9,11-12H2,1-2H3. The first-order valence-electron chi connectivity index (χ1n) is 7.49. The zero-order valence-corrected chi connectivity index (χ0v) is 14.1. The van der Waals surface area contributed by atoms with Crippen LogP contribution in [0.3, 0.4) is 0 Å². The number of hydrogen-bond donors (Lipinski definition) is 0. The van der Waals surface area contributed by atoms with Crippen molar-refractivity contribution in [2.24, 2.45) is 0 Å². The van der Waals surface area contributed by atoms with Crippen LogP contribution in [0.25, 0.3) is 10.1 Å². The minimum Gasteiger partial charge on any atom is -0.467 e. The third-order valence-electron chi connectivity index (χ3n) is 3.82. The van der Waals surface area contributed by atoms with Gasteiger partial charge in [-0.2, -0.15) is 0 Å². The fourth-order valence-electron chi connectivity index (χ4n) is 2.57. The molecule has 5 heteroatoms. The maximum atomic E-state index is 13.0. The molecule has 0 aliphatic heterocycles. The van der Waals surface area contributed by atoms with E-state index in [1.165, 1.54) is 0 Å². The summed E-state index contributed by atoms with van der Waals surface area (Å²) in [6, 6.07) is 11.8. The molecule has 0 N–H and O–H groups in total. The summed E-state index contributed by atoms with van der Waals surface area (Å²) in [6.45, 7) is 3.48. The molecule has 0 fully saturated rings. The van der Waals surface area contributed by atoms with Crippen LogP contribution in [-0.2, 0) is 11.3 Å². The Kier molecular flexibility index (Phi) is 4.79. The van der Waals surface area contributed by atoms with Crippen LogP contribution >= 0.6 is 11.3 Å². The Morgan fingerprint density at radius 3 is 2.78 bits per heavy atom. The highest BCUT2D eigenvalue weighted by molar-refractivity contribution is 7.21. The van der Waals surface area contributed by atoms with Crippen LogP contribution in [-0.4, -0.2) is 31.1 Å². The number of hydrogen-bond acceptors (Lipinski definition) is 4. The largest absolute Gasteiger partial charge is 0.467 e. The van der Waals surface area contributed by atoms with E-state index in [0.717, 1.165) is 26.3 Å². The molecule has 0 saturated carbocycles. The Hall–Kier alpha value is -2.11. The van der Waals surface area contributed by atoms with Crippen molar-refractivity contribution in [1.29, 1.82) is 0 Å². The third kappa shape index (κ3) is 3.30. The first-order valence-corrected chi connectivity index (χ1v) is 8.31. The van der Waals surface area contributed by atoms with Crippen LogP contribution in [0, 0.1) is 6.92 Å². The van der Waals surface area contributed by atoms with Crippen molar-refractivity contribution in [3.05, 3.63) is 58.9 Å². The van der Waals surface area contributed by atoms with Gasteiger partial charge in [0.1, 0.15) is 5.76 Å². The van der Waals surface area contributed by atoms with Gasteiger partial charge in [-0.05, 0) is 36.1 Å². The van der Waals surface area contributed by atoms with Crippen molar-refractivity contribution in [3.63, 3.8) is 0 Å². The molecule has 0 aliphatic rings. The van der Waals surface area contributed by atoms with Crippen LogP contribution in [0.2, 0.25) is 0 Å². The quantitative estimate of drug-likeness (QED) is 0.684. The average Bonchev–Trinajstić information content (AvgIpc) is 3.19. The van der Waals surface area contributed by atoms with Gasteiger partial charge in [0, 0.05) is 18.4 Å². The van der Waals surface area contributed by atoms with Crippen molar-refractivity contribution >= 4 is 27.3 Å². The van der Waals surface area contributed by atoms with E-state index in [0.29, 0.717) is 19.7 Å². The SMILES string of the molecule is COCCN(Cc1ccco1)C(=O)c1sc2ccccc2c1C. The molecule has 0 spiro atoms. The summed E-state index contributed by atoms with van der Waals surface area (Å²) in [5, 5.41) is 1.14. The molecule has 3 aromatic rings. The lowest BCUT2D eigenvalue weighted by molar-refractivity contribution is 0.0671. The summed E-state index contributed by atoms with van der Waals surface area (Å²) in [4.78, 5) is 15.6. The zero-order valence-electron chi connectivity index (χ0n) is 13.2. The Morgan fingerprint density at radius 2 is 2.09 bits per heavy atom. The number of aryl methyl sites for hydroxylation is 1. The first-order chi connectivity index (χ1) is 11.2. The van der Waals surface area contributed by atoms with Gasteiger partial charge in [0.15, 0.2) is 0 Å². The molecule has 2 aromatic heterocycles. The maximum absolute atomic E-state index is 13.0. The summed E-state index contributed by atoms with van der Waals surface area (Å²) in [5.74, 6) is 0.797. The lowest BCUT2D eigenvalue weighted by atomic mass is 10.1. The highest BCUT2D eigenvalue weighted by Crippen LogP contribution is 2.31. The fourth-order valence-corrected chi connectivity index (χ4v) is 3.74. The number of thiophene rings is 1. The number of furan rings is 1. The van der Waals surface area contributed by atoms with Gasteiger partial charge in [-0.3, -0.25) is 4.79 Å². The van der Waals surface area contributed by atoms with Crippen molar-refractivity contribution in [1.82, 2.24) is 4.90 Å². The Labute approximate surface area is 139 Å². The predicted molar refractivity (Wildman–Crippen MR) is 91.9 cm³/mol. The lowest BCUT2D eigenvalue weighted by Gasteiger charge is -2.21. The van der Waals surface area contributed by atoms with Crippen molar-refractivity contribution in [2.75, 3.05) is 20.3 Å². The van der Waals surface area contributed by atoms with E-state index in [2.05, 4.69) is 12.1 Å². The smallest absolute Gasteiger partial charge is 0.264 e. The normalized spacial score (nSPS) is 11.0. The number of benzene rings is 1. The molecule has 3 rings (SSSR count).